The van der Waals surface area contributed by atoms with Gasteiger partial charge in [-0.15, -0.1) is 0 Å². The van der Waals surface area contributed by atoms with Crippen molar-refractivity contribution in [3.8, 4) is 0 Å². The van der Waals surface area contributed by atoms with E-state index in [1.165, 1.54) is 0 Å². The molecule has 2 aromatic heterocycles. The number of aromatic nitrogens is 2. The van der Waals surface area contributed by atoms with Gasteiger partial charge in [0, 0.05) is 22.8 Å². The smallest absolute Gasteiger partial charge is 0.228 e. The Hall–Kier alpha value is -2.62. The van der Waals surface area contributed by atoms with Gasteiger partial charge in [0.25, 0.3) is 0 Å². The fraction of sp³-hybridized carbons (Fsp3) is 0.125. The number of pyridine rings is 1. The van der Waals surface area contributed by atoms with Crippen LogP contribution in [0.2, 0.25) is 0 Å². The van der Waals surface area contributed by atoms with Crippen molar-refractivity contribution >= 4 is 22.5 Å². The molecule has 0 saturated carbocycles. The van der Waals surface area contributed by atoms with Gasteiger partial charge in [0.1, 0.15) is 0 Å². The average molecular weight is 265 g/mol. The molecule has 0 fully saturated rings. The van der Waals surface area contributed by atoms with E-state index in [1.54, 1.807) is 6.20 Å². The van der Waals surface area contributed by atoms with Crippen molar-refractivity contribution in [2.75, 3.05) is 5.32 Å². The molecule has 0 unspecified atom stereocenters. The number of amides is 1. The zero-order valence-corrected chi connectivity index (χ0v) is 11.2. The van der Waals surface area contributed by atoms with Gasteiger partial charge in [0.15, 0.2) is 0 Å². The molecule has 0 atom stereocenters. The molecule has 0 saturated heterocycles. The van der Waals surface area contributed by atoms with E-state index in [4.69, 9.17) is 0 Å². The number of rotatable bonds is 3. The summed E-state index contributed by atoms with van der Waals surface area (Å²) in [5.74, 6) is -0.0413. The van der Waals surface area contributed by atoms with E-state index in [2.05, 4.69) is 15.3 Å². The molecule has 3 aromatic rings. The summed E-state index contributed by atoms with van der Waals surface area (Å²) in [5, 5.41) is 3.94. The number of H-pyrrole nitrogens is 1. The second-order valence-electron chi connectivity index (χ2n) is 4.77. The maximum Gasteiger partial charge on any atom is 0.228 e. The predicted octanol–water partition coefficient (Wildman–Crippen LogP) is 3.05. The number of hydrogen-bond acceptors (Lipinski definition) is 2. The molecule has 4 heteroatoms. The van der Waals surface area contributed by atoms with Crippen molar-refractivity contribution in [1.82, 2.24) is 9.97 Å². The number of aryl methyl sites for hydroxylation is 1. The van der Waals surface area contributed by atoms with Crippen molar-refractivity contribution in [1.29, 1.82) is 0 Å². The number of carbonyl (C=O) groups excluding carboxylic acids is 1. The normalized spacial score (nSPS) is 10.7. The van der Waals surface area contributed by atoms with E-state index in [1.807, 2.05) is 49.5 Å². The van der Waals surface area contributed by atoms with E-state index in [9.17, 15) is 4.79 Å². The topological polar surface area (TPSA) is 57.8 Å². The van der Waals surface area contributed by atoms with Crippen LogP contribution in [-0.2, 0) is 11.2 Å². The molecule has 1 amide bonds. The predicted molar refractivity (Wildman–Crippen MR) is 79.6 cm³/mol. The highest BCUT2D eigenvalue weighted by atomic mass is 16.1. The SMILES string of the molecule is Cc1ccc(NC(=O)Cc2c[nH]c3ccccc23)cn1. The maximum absolute atomic E-state index is 12.1. The van der Waals surface area contributed by atoms with E-state index in [-0.39, 0.29) is 5.91 Å². The third-order valence-corrected chi connectivity index (χ3v) is 3.22. The van der Waals surface area contributed by atoms with Crippen molar-refractivity contribution in [3.63, 3.8) is 0 Å². The summed E-state index contributed by atoms with van der Waals surface area (Å²) in [6.45, 7) is 1.91. The summed E-state index contributed by atoms with van der Waals surface area (Å²) in [6, 6.07) is 11.7. The highest BCUT2D eigenvalue weighted by molar-refractivity contribution is 5.95. The van der Waals surface area contributed by atoms with Crippen LogP contribution in [0, 0.1) is 6.92 Å². The molecule has 2 heterocycles. The number of para-hydroxylation sites is 1. The lowest BCUT2D eigenvalue weighted by Gasteiger charge is -2.04. The molecular formula is C16H15N3O. The summed E-state index contributed by atoms with van der Waals surface area (Å²) in [7, 11) is 0. The number of carbonyl (C=O) groups is 1. The highest BCUT2D eigenvalue weighted by Gasteiger charge is 2.08. The van der Waals surface area contributed by atoms with Crippen LogP contribution in [0.25, 0.3) is 10.9 Å². The van der Waals surface area contributed by atoms with Crippen LogP contribution in [0.5, 0.6) is 0 Å². The standard InChI is InChI=1S/C16H15N3O/c1-11-6-7-13(10-17-11)19-16(20)8-12-9-18-15-5-3-2-4-14(12)15/h2-7,9-10,18H,8H2,1H3,(H,19,20). The Balaban J connectivity index is 1.74. The van der Waals surface area contributed by atoms with Gasteiger partial charge < -0.3 is 10.3 Å². The third kappa shape index (κ3) is 2.54. The summed E-state index contributed by atoms with van der Waals surface area (Å²) < 4.78 is 0. The van der Waals surface area contributed by atoms with Gasteiger partial charge in [-0.2, -0.15) is 0 Å². The Morgan fingerprint density at radius 3 is 2.90 bits per heavy atom. The summed E-state index contributed by atoms with van der Waals surface area (Å²) in [5.41, 5.74) is 3.70. The van der Waals surface area contributed by atoms with Crippen LogP contribution in [0.4, 0.5) is 5.69 Å². The number of nitrogens with one attached hydrogen (secondary N) is 2. The van der Waals surface area contributed by atoms with E-state index >= 15 is 0 Å². The molecule has 0 bridgehead atoms. The van der Waals surface area contributed by atoms with Gasteiger partial charge in [0.05, 0.1) is 18.3 Å². The first-order valence-electron chi connectivity index (χ1n) is 6.50. The van der Waals surface area contributed by atoms with Crippen molar-refractivity contribution in [2.45, 2.75) is 13.3 Å². The largest absolute Gasteiger partial charge is 0.361 e. The van der Waals surface area contributed by atoms with Gasteiger partial charge in [-0.25, -0.2) is 0 Å². The Labute approximate surface area is 116 Å². The molecule has 100 valence electrons. The summed E-state index contributed by atoms with van der Waals surface area (Å²) >= 11 is 0. The minimum absolute atomic E-state index is 0.0413. The third-order valence-electron chi connectivity index (χ3n) is 3.22. The number of hydrogen-bond donors (Lipinski definition) is 2. The van der Waals surface area contributed by atoms with Gasteiger partial charge >= 0.3 is 0 Å². The summed E-state index contributed by atoms with van der Waals surface area (Å²) in [6.07, 6.45) is 3.90. The van der Waals surface area contributed by atoms with Gasteiger partial charge in [-0.05, 0) is 30.7 Å². The maximum atomic E-state index is 12.1. The van der Waals surface area contributed by atoms with E-state index < -0.39 is 0 Å². The van der Waals surface area contributed by atoms with Crippen LogP contribution in [-0.4, -0.2) is 15.9 Å². The van der Waals surface area contributed by atoms with Gasteiger partial charge in [0.2, 0.25) is 5.91 Å². The second kappa shape index (κ2) is 5.17. The Bertz CT molecular complexity index is 744. The zero-order chi connectivity index (χ0) is 13.9. The van der Waals surface area contributed by atoms with Crippen LogP contribution >= 0.6 is 0 Å². The Morgan fingerprint density at radius 2 is 2.10 bits per heavy atom. The first-order chi connectivity index (χ1) is 9.72. The van der Waals surface area contributed by atoms with Crippen LogP contribution in [0.15, 0.2) is 48.8 Å². The van der Waals surface area contributed by atoms with Crippen molar-refractivity contribution in [3.05, 3.63) is 60.0 Å². The zero-order valence-electron chi connectivity index (χ0n) is 11.2. The lowest BCUT2D eigenvalue weighted by molar-refractivity contribution is -0.115. The highest BCUT2D eigenvalue weighted by Crippen LogP contribution is 2.18. The molecule has 4 nitrogen and oxygen atoms in total. The van der Waals surface area contributed by atoms with Crippen LogP contribution in [0.1, 0.15) is 11.3 Å². The molecule has 0 aliphatic carbocycles. The Kier molecular flexibility index (Phi) is 3.21. The second-order valence-corrected chi connectivity index (χ2v) is 4.77. The molecule has 3 rings (SSSR count). The molecule has 2 N–H and O–H groups in total. The summed E-state index contributed by atoms with van der Waals surface area (Å²) in [4.78, 5) is 19.4. The number of anilines is 1. The molecule has 0 spiro atoms. The minimum atomic E-state index is -0.0413. The Morgan fingerprint density at radius 1 is 1.25 bits per heavy atom. The van der Waals surface area contributed by atoms with Crippen molar-refractivity contribution in [2.24, 2.45) is 0 Å². The molecule has 0 radical (unpaired) electrons. The first-order valence-corrected chi connectivity index (χ1v) is 6.50. The van der Waals surface area contributed by atoms with E-state index in [0.29, 0.717) is 6.42 Å². The quantitative estimate of drug-likeness (QED) is 0.764. The monoisotopic (exact) mass is 265 g/mol. The fourth-order valence-corrected chi connectivity index (χ4v) is 2.20. The molecule has 0 aliphatic heterocycles. The van der Waals surface area contributed by atoms with Crippen molar-refractivity contribution < 1.29 is 4.79 Å². The number of aromatic amines is 1. The average Bonchev–Trinajstić information content (AvgIpc) is 2.85. The number of benzene rings is 1. The molecular weight excluding hydrogens is 250 g/mol. The first kappa shape index (κ1) is 12.4. The lowest BCUT2D eigenvalue weighted by atomic mass is 10.1. The number of fused-ring (bicyclic) bond motifs is 1. The van der Waals surface area contributed by atoms with Gasteiger partial charge in [-0.1, -0.05) is 18.2 Å². The molecule has 20 heavy (non-hydrogen) atoms. The van der Waals surface area contributed by atoms with E-state index in [0.717, 1.165) is 27.8 Å². The van der Waals surface area contributed by atoms with Crippen LogP contribution in [0.3, 0.4) is 0 Å². The van der Waals surface area contributed by atoms with Crippen LogP contribution < -0.4 is 5.32 Å². The lowest BCUT2D eigenvalue weighted by Crippen LogP contribution is -2.14. The fourth-order valence-electron chi connectivity index (χ4n) is 2.20. The minimum Gasteiger partial charge on any atom is -0.361 e. The van der Waals surface area contributed by atoms with Gasteiger partial charge in [-0.3, -0.25) is 9.78 Å². The molecule has 0 aliphatic rings. The number of nitrogens with zero attached hydrogens (tertiary/aromatic N) is 1. The molecule has 1 aromatic carbocycles.